The van der Waals surface area contributed by atoms with E-state index < -0.39 is 0 Å². The number of amides is 1. The first-order valence-electron chi connectivity index (χ1n) is 7.18. The fraction of sp³-hybridized carbons (Fsp3) is 0.188. The van der Waals surface area contributed by atoms with E-state index >= 15 is 0 Å². The van der Waals surface area contributed by atoms with Crippen molar-refractivity contribution in [1.29, 1.82) is 0 Å². The number of ketones is 1. The van der Waals surface area contributed by atoms with E-state index in [-0.39, 0.29) is 18.1 Å². The molecule has 0 aliphatic carbocycles. The van der Waals surface area contributed by atoms with Crippen LogP contribution in [0.1, 0.15) is 28.9 Å². The van der Waals surface area contributed by atoms with Gasteiger partial charge in [-0.3, -0.25) is 19.9 Å². The number of hydrogen-bond acceptors (Lipinski definition) is 7. The maximum absolute atomic E-state index is 12.4. The largest absolute Gasteiger partial charge is 0.459 e. The van der Waals surface area contributed by atoms with Crippen LogP contribution in [-0.4, -0.2) is 26.0 Å². The Labute approximate surface area is 141 Å². The van der Waals surface area contributed by atoms with Crippen LogP contribution in [0.3, 0.4) is 0 Å². The normalized spacial score (nSPS) is 10.6. The van der Waals surface area contributed by atoms with E-state index in [0.29, 0.717) is 33.7 Å². The molecular formula is C16H14N4O3S. The second-order valence-corrected chi connectivity index (χ2v) is 5.90. The summed E-state index contributed by atoms with van der Waals surface area (Å²) in [5.41, 5.74) is 1.05. The molecule has 0 aliphatic rings. The van der Waals surface area contributed by atoms with Crippen molar-refractivity contribution in [3.63, 3.8) is 0 Å². The standard InChI is InChI=1S/C16H14N4O3S/c1-9(21)7-14-18-16(24-20-14)19-15(22)11-8-13(23-10(11)2)12-5-3-4-6-17-12/h3-6,8H,7H2,1-2H3,(H,18,19,20,22). The predicted molar refractivity (Wildman–Crippen MR) is 88.9 cm³/mol. The minimum absolute atomic E-state index is 0.0311. The summed E-state index contributed by atoms with van der Waals surface area (Å²) < 4.78 is 9.66. The lowest BCUT2D eigenvalue weighted by molar-refractivity contribution is -0.116. The van der Waals surface area contributed by atoms with Crippen molar-refractivity contribution in [2.45, 2.75) is 20.3 Å². The van der Waals surface area contributed by atoms with Crippen molar-refractivity contribution < 1.29 is 14.0 Å². The molecular weight excluding hydrogens is 328 g/mol. The number of nitrogens with zero attached hydrogens (tertiary/aromatic N) is 3. The summed E-state index contributed by atoms with van der Waals surface area (Å²) in [4.78, 5) is 31.8. The topological polar surface area (TPSA) is 98.0 Å². The number of rotatable bonds is 5. The molecule has 1 N–H and O–H groups in total. The number of nitrogens with one attached hydrogen (secondary N) is 1. The Kier molecular flexibility index (Phi) is 4.48. The van der Waals surface area contributed by atoms with Gasteiger partial charge in [0, 0.05) is 17.7 Å². The zero-order chi connectivity index (χ0) is 17.1. The molecule has 0 aliphatic heterocycles. The zero-order valence-corrected chi connectivity index (χ0v) is 13.9. The molecule has 3 heterocycles. The molecule has 24 heavy (non-hydrogen) atoms. The number of hydrogen-bond donors (Lipinski definition) is 1. The molecule has 0 bridgehead atoms. The van der Waals surface area contributed by atoms with Crippen LogP contribution in [0.25, 0.3) is 11.5 Å². The molecule has 3 rings (SSSR count). The van der Waals surface area contributed by atoms with Gasteiger partial charge < -0.3 is 4.42 Å². The number of carbonyl (C=O) groups excluding carboxylic acids is 2. The highest BCUT2D eigenvalue weighted by Gasteiger charge is 2.18. The summed E-state index contributed by atoms with van der Waals surface area (Å²) in [5.74, 6) is 1.04. The highest BCUT2D eigenvalue weighted by Crippen LogP contribution is 2.24. The van der Waals surface area contributed by atoms with E-state index in [2.05, 4.69) is 19.7 Å². The lowest BCUT2D eigenvalue weighted by atomic mass is 10.2. The summed E-state index contributed by atoms with van der Waals surface area (Å²) in [5, 5.41) is 3.02. The molecule has 1 amide bonds. The smallest absolute Gasteiger partial charge is 0.261 e. The van der Waals surface area contributed by atoms with Crippen LogP contribution in [0, 0.1) is 6.92 Å². The first-order valence-corrected chi connectivity index (χ1v) is 7.95. The van der Waals surface area contributed by atoms with Crippen LogP contribution in [-0.2, 0) is 11.2 Å². The number of aryl methyl sites for hydroxylation is 1. The maximum Gasteiger partial charge on any atom is 0.261 e. The minimum atomic E-state index is -0.344. The van der Waals surface area contributed by atoms with Crippen molar-refractivity contribution in [3.8, 4) is 11.5 Å². The molecule has 0 saturated carbocycles. The molecule has 0 unspecified atom stereocenters. The molecule has 0 atom stereocenters. The third-order valence-corrected chi connectivity index (χ3v) is 3.84. The van der Waals surface area contributed by atoms with Gasteiger partial charge in [-0.15, -0.1) is 0 Å². The van der Waals surface area contributed by atoms with Gasteiger partial charge in [-0.25, -0.2) is 4.98 Å². The Balaban J connectivity index is 1.77. The van der Waals surface area contributed by atoms with Crippen LogP contribution in [0.4, 0.5) is 5.13 Å². The fourth-order valence-corrected chi connectivity index (χ4v) is 2.69. The molecule has 3 aromatic heterocycles. The molecule has 8 heteroatoms. The van der Waals surface area contributed by atoms with E-state index in [0.717, 1.165) is 11.5 Å². The Morgan fingerprint density at radius 3 is 2.88 bits per heavy atom. The van der Waals surface area contributed by atoms with Gasteiger partial charge in [0.25, 0.3) is 5.91 Å². The van der Waals surface area contributed by atoms with Crippen molar-refractivity contribution in [1.82, 2.24) is 14.3 Å². The van der Waals surface area contributed by atoms with E-state index in [1.54, 1.807) is 31.3 Å². The van der Waals surface area contributed by atoms with Crippen LogP contribution in [0.5, 0.6) is 0 Å². The van der Waals surface area contributed by atoms with Crippen molar-refractivity contribution in [3.05, 3.63) is 47.6 Å². The van der Waals surface area contributed by atoms with Gasteiger partial charge in [0.1, 0.15) is 17.2 Å². The summed E-state index contributed by atoms with van der Waals surface area (Å²) in [6.07, 6.45) is 1.81. The van der Waals surface area contributed by atoms with Gasteiger partial charge in [-0.1, -0.05) is 6.07 Å². The van der Waals surface area contributed by atoms with E-state index in [9.17, 15) is 9.59 Å². The second-order valence-electron chi connectivity index (χ2n) is 5.14. The number of anilines is 1. The average molecular weight is 342 g/mol. The lowest BCUT2D eigenvalue weighted by Crippen LogP contribution is -2.12. The van der Waals surface area contributed by atoms with Crippen molar-refractivity contribution in [2.75, 3.05) is 5.32 Å². The SMILES string of the molecule is CC(=O)Cc1nsc(NC(=O)c2cc(-c3ccccn3)oc2C)n1. The highest BCUT2D eigenvalue weighted by molar-refractivity contribution is 7.09. The van der Waals surface area contributed by atoms with Crippen LogP contribution < -0.4 is 5.32 Å². The van der Waals surface area contributed by atoms with Crippen molar-refractivity contribution >= 4 is 28.4 Å². The summed E-state index contributed by atoms with van der Waals surface area (Å²) in [6.45, 7) is 3.18. The Morgan fingerprint density at radius 1 is 1.33 bits per heavy atom. The number of Topliss-reactive ketones (excluding diaryl/α,β-unsaturated/α-hetero) is 1. The molecule has 0 radical (unpaired) electrons. The predicted octanol–water partition coefficient (Wildman–Crippen LogP) is 2.89. The molecule has 0 spiro atoms. The lowest BCUT2D eigenvalue weighted by Gasteiger charge is -1.98. The van der Waals surface area contributed by atoms with Crippen LogP contribution in [0.2, 0.25) is 0 Å². The molecule has 3 aromatic rings. The van der Waals surface area contributed by atoms with Gasteiger partial charge in [0.2, 0.25) is 5.13 Å². The average Bonchev–Trinajstić information content (AvgIpc) is 3.14. The number of aromatic nitrogens is 3. The number of carbonyl (C=O) groups is 2. The Bertz CT molecular complexity index is 886. The van der Waals surface area contributed by atoms with Gasteiger partial charge in [-0.05, 0) is 32.0 Å². The first-order chi connectivity index (χ1) is 11.5. The van der Waals surface area contributed by atoms with E-state index in [4.69, 9.17) is 4.42 Å². The van der Waals surface area contributed by atoms with Gasteiger partial charge in [0.05, 0.1) is 12.0 Å². The molecule has 0 fully saturated rings. The third-order valence-electron chi connectivity index (χ3n) is 3.18. The summed E-state index contributed by atoms with van der Waals surface area (Å²) in [7, 11) is 0. The minimum Gasteiger partial charge on any atom is -0.459 e. The van der Waals surface area contributed by atoms with Gasteiger partial charge >= 0.3 is 0 Å². The second kappa shape index (κ2) is 6.71. The zero-order valence-electron chi connectivity index (χ0n) is 13.1. The number of furan rings is 1. The van der Waals surface area contributed by atoms with Crippen LogP contribution in [0.15, 0.2) is 34.9 Å². The maximum atomic E-state index is 12.4. The third kappa shape index (κ3) is 3.54. The molecule has 0 aromatic carbocycles. The summed E-state index contributed by atoms with van der Waals surface area (Å²) >= 11 is 1.04. The van der Waals surface area contributed by atoms with Crippen molar-refractivity contribution in [2.24, 2.45) is 0 Å². The molecule has 0 saturated heterocycles. The van der Waals surface area contributed by atoms with E-state index in [1.165, 1.54) is 6.92 Å². The molecule has 122 valence electrons. The summed E-state index contributed by atoms with van der Waals surface area (Å²) in [6, 6.07) is 7.10. The quantitative estimate of drug-likeness (QED) is 0.765. The highest BCUT2D eigenvalue weighted by atomic mass is 32.1. The fourth-order valence-electron chi connectivity index (χ4n) is 2.11. The van der Waals surface area contributed by atoms with Gasteiger partial charge in [0.15, 0.2) is 11.6 Å². The van der Waals surface area contributed by atoms with Crippen LogP contribution >= 0.6 is 11.5 Å². The number of pyridine rings is 1. The Morgan fingerprint density at radius 2 is 2.17 bits per heavy atom. The van der Waals surface area contributed by atoms with Gasteiger partial charge in [-0.2, -0.15) is 4.37 Å². The monoisotopic (exact) mass is 342 g/mol. The first kappa shape index (κ1) is 16.0. The molecule has 7 nitrogen and oxygen atoms in total. The Hall–Kier alpha value is -2.87. The van der Waals surface area contributed by atoms with E-state index in [1.807, 2.05) is 6.07 Å².